The normalized spacial score (nSPS) is 15.9. The first-order valence-corrected chi connectivity index (χ1v) is 9.54. The largest absolute Gasteiger partial charge is 0.385 e. The first-order chi connectivity index (χ1) is 12.6. The van der Waals surface area contributed by atoms with Crippen LogP contribution < -0.4 is 10.6 Å². The van der Waals surface area contributed by atoms with Crippen molar-refractivity contribution in [3.05, 3.63) is 11.6 Å². The van der Waals surface area contributed by atoms with Gasteiger partial charge in [0, 0.05) is 47.1 Å². The number of nitrogens with one attached hydrogen (secondary N) is 2. The number of rotatable bonds is 12. The van der Waals surface area contributed by atoms with Gasteiger partial charge in [-0.3, -0.25) is 0 Å². The zero-order valence-corrected chi connectivity index (χ0v) is 16.7. The third kappa shape index (κ3) is 6.57. The molecule has 0 radical (unpaired) electrons. The van der Waals surface area contributed by atoms with Crippen LogP contribution in [0.5, 0.6) is 0 Å². The monoisotopic (exact) mass is 366 g/mol. The van der Waals surface area contributed by atoms with E-state index in [1.54, 1.807) is 7.11 Å². The average molecular weight is 367 g/mol. The topological polar surface area (TPSA) is 85.6 Å². The number of aromatic nitrogens is 3. The summed E-state index contributed by atoms with van der Waals surface area (Å²) in [5.41, 5.74) is 0.367. The van der Waals surface area contributed by atoms with E-state index < -0.39 is 0 Å². The molecule has 1 aliphatic rings. The van der Waals surface area contributed by atoms with Gasteiger partial charge < -0.3 is 24.7 Å². The summed E-state index contributed by atoms with van der Waals surface area (Å²) in [6.45, 7) is 8.60. The SMILES string of the molecule is CCOCCC1(CNC(=NCc2nnc(C)n2C)NCCCOC)CC1. The smallest absolute Gasteiger partial charge is 0.191 e. The predicted molar refractivity (Wildman–Crippen MR) is 102 cm³/mol. The Morgan fingerprint density at radius 1 is 1.27 bits per heavy atom. The van der Waals surface area contributed by atoms with Gasteiger partial charge in [-0.25, -0.2) is 4.99 Å². The van der Waals surface area contributed by atoms with Crippen molar-refractivity contribution in [2.75, 3.05) is 40.0 Å². The lowest BCUT2D eigenvalue weighted by Gasteiger charge is -2.19. The van der Waals surface area contributed by atoms with Crippen LogP contribution in [0, 0.1) is 12.3 Å². The Hall–Kier alpha value is -1.67. The second-order valence-electron chi connectivity index (χ2n) is 6.96. The van der Waals surface area contributed by atoms with Gasteiger partial charge >= 0.3 is 0 Å². The fraction of sp³-hybridized carbons (Fsp3) is 0.833. The Morgan fingerprint density at radius 3 is 2.69 bits per heavy atom. The summed E-state index contributed by atoms with van der Waals surface area (Å²) in [5.74, 6) is 2.58. The van der Waals surface area contributed by atoms with Crippen molar-refractivity contribution in [1.29, 1.82) is 0 Å². The van der Waals surface area contributed by atoms with E-state index >= 15 is 0 Å². The van der Waals surface area contributed by atoms with E-state index in [1.165, 1.54) is 12.8 Å². The van der Waals surface area contributed by atoms with E-state index in [1.807, 2.05) is 25.5 Å². The molecular formula is C18H34N6O2. The minimum absolute atomic E-state index is 0.367. The van der Waals surface area contributed by atoms with E-state index in [9.17, 15) is 0 Å². The first kappa shape index (κ1) is 20.6. The number of nitrogens with zero attached hydrogens (tertiary/aromatic N) is 4. The molecule has 1 aliphatic carbocycles. The molecule has 1 aromatic heterocycles. The number of hydrogen-bond donors (Lipinski definition) is 2. The molecule has 8 heteroatoms. The van der Waals surface area contributed by atoms with Crippen LogP contribution in [0.2, 0.25) is 0 Å². The van der Waals surface area contributed by atoms with E-state index in [4.69, 9.17) is 14.5 Å². The molecule has 0 aromatic carbocycles. The van der Waals surface area contributed by atoms with Gasteiger partial charge in [-0.2, -0.15) is 0 Å². The molecule has 1 fully saturated rings. The lowest BCUT2D eigenvalue weighted by molar-refractivity contribution is 0.128. The quantitative estimate of drug-likeness (QED) is 0.330. The van der Waals surface area contributed by atoms with Gasteiger partial charge in [-0.1, -0.05) is 0 Å². The van der Waals surface area contributed by atoms with E-state index in [0.29, 0.717) is 12.0 Å². The van der Waals surface area contributed by atoms with Gasteiger partial charge in [0.1, 0.15) is 12.4 Å². The molecule has 0 bridgehead atoms. The average Bonchev–Trinajstić information content (AvgIpc) is 3.34. The highest BCUT2D eigenvalue weighted by Gasteiger charge is 2.41. The minimum atomic E-state index is 0.367. The summed E-state index contributed by atoms with van der Waals surface area (Å²) in [6, 6.07) is 0. The summed E-state index contributed by atoms with van der Waals surface area (Å²) in [5, 5.41) is 15.2. The minimum Gasteiger partial charge on any atom is -0.385 e. The summed E-state index contributed by atoms with van der Waals surface area (Å²) in [7, 11) is 3.69. The Morgan fingerprint density at radius 2 is 2.08 bits per heavy atom. The van der Waals surface area contributed by atoms with Crippen LogP contribution in [0.15, 0.2) is 4.99 Å². The standard InChI is InChI=1S/C18H34N6O2/c1-5-26-12-9-18(7-8-18)14-21-17(19-10-6-11-25-4)20-13-16-23-22-15(2)24(16)3/h5-14H2,1-4H3,(H2,19,20,21). The molecule has 8 nitrogen and oxygen atoms in total. The van der Waals surface area contributed by atoms with Crippen molar-refractivity contribution in [1.82, 2.24) is 25.4 Å². The molecule has 26 heavy (non-hydrogen) atoms. The van der Waals surface area contributed by atoms with Crippen molar-refractivity contribution in [2.45, 2.75) is 46.1 Å². The van der Waals surface area contributed by atoms with Gasteiger partial charge in [0.2, 0.25) is 0 Å². The highest BCUT2D eigenvalue weighted by Crippen LogP contribution is 2.48. The van der Waals surface area contributed by atoms with Gasteiger partial charge in [0.25, 0.3) is 0 Å². The second kappa shape index (κ2) is 10.5. The van der Waals surface area contributed by atoms with Crippen LogP contribution in [0.3, 0.4) is 0 Å². The van der Waals surface area contributed by atoms with Gasteiger partial charge in [-0.05, 0) is 44.9 Å². The highest BCUT2D eigenvalue weighted by atomic mass is 16.5. The van der Waals surface area contributed by atoms with E-state index in [0.717, 1.165) is 63.4 Å². The predicted octanol–water partition coefficient (Wildman–Crippen LogP) is 1.40. The number of aliphatic imine (C=N–C) groups is 1. The molecule has 0 saturated heterocycles. The van der Waals surface area contributed by atoms with Crippen LogP contribution in [0.4, 0.5) is 0 Å². The molecule has 0 aliphatic heterocycles. The lowest BCUT2D eigenvalue weighted by Crippen LogP contribution is -2.41. The zero-order chi connectivity index (χ0) is 18.8. The van der Waals surface area contributed by atoms with Crippen molar-refractivity contribution in [3.8, 4) is 0 Å². The Kier molecular flexibility index (Phi) is 8.31. The molecule has 1 aromatic rings. The molecule has 148 valence electrons. The number of guanidine groups is 1. The lowest BCUT2D eigenvalue weighted by atomic mass is 10.0. The van der Waals surface area contributed by atoms with E-state index in [-0.39, 0.29) is 0 Å². The maximum Gasteiger partial charge on any atom is 0.191 e. The maximum absolute atomic E-state index is 5.52. The van der Waals surface area contributed by atoms with E-state index in [2.05, 4.69) is 20.8 Å². The number of methoxy groups -OCH3 is 1. The summed E-state index contributed by atoms with van der Waals surface area (Å²) in [4.78, 5) is 4.69. The Labute approximate surface area is 156 Å². The number of ether oxygens (including phenoxy) is 2. The van der Waals surface area contributed by atoms with Crippen molar-refractivity contribution < 1.29 is 9.47 Å². The van der Waals surface area contributed by atoms with Crippen LogP contribution in [-0.4, -0.2) is 60.7 Å². The van der Waals surface area contributed by atoms with Crippen LogP contribution >= 0.6 is 0 Å². The number of aryl methyl sites for hydroxylation is 1. The molecule has 0 atom stereocenters. The van der Waals surface area contributed by atoms with Gasteiger partial charge in [0.15, 0.2) is 11.8 Å². The summed E-state index contributed by atoms with van der Waals surface area (Å²) in [6.07, 6.45) is 4.56. The van der Waals surface area contributed by atoms with Crippen molar-refractivity contribution in [2.24, 2.45) is 17.5 Å². The summed E-state index contributed by atoms with van der Waals surface area (Å²) >= 11 is 0. The zero-order valence-electron chi connectivity index (χ0n) is 16.7. The highest BCUT2D eigenvalue weighted by molar-refractivity contribution is 5.79. The third-order valence-electron chi connectivity index (χ3n) is 4.95. The molecule has 0 unspecified atom stereocenters. The van der Waals surface area contributed by atoms with Gasteiger partial charge in [0.05, 0.1) is 0 Å². The molecule has 1 saturated carbocycles. The molecule has 2 rings (SSSR count). The maximum atomic E-state index is 5.52. The molecule has 0 amide bonds. The van der Waals surface area contributed by atoms with Crippen LogP contribution in [0.25, 0.3) is 0 Å². The van der Waals surface area contributed by atoms with Crippen LogP contribution in [-0.2, 0) is 23.1 Å². The van der Waals surface area contributed by atoms with Gasteiger partial charge in [-0.15, -0.1) is 10.2 Å². The second-order valence-corrected chi connectivity index (χ2v) is 6.96. The Balaban J connectivity index is 1.88. The fourth-order valence-corrected chi connectivity index (χ4v) is 2.73. The molecule has 1 heterocycles. The first-order valence-electron chi connectivity index (χ1n) is 9.54. The molecular weight excluding hydrogens is 332 g/mol. The summed E-state index contributed by atoms with van der Waals surface area (Å²) < 4.78 is 12.6. The Bertz CT molecular complexity index is 568. The molecule has 0 spiro atoms. The van der Waals surface area contributed by atoms with Crippen molar-refractivity contribution >= 4 is 5.96 Å². The fourth-order valence-electron chi connectivity index (χ4n) is 2.73. The number of hydrogen-bond acceptors (Lipinski definition) is 5. The van der Waals surface area contributed by atoms with Crippen molar-refractivity contribution in [3.63, 3.8) is 0 Å². The third-order valence-corrected chi connectivity index (χ3v) is 4.95. The molecule has 2 N–H and O–H groups in total. The van der Waals surface area contributed by atoms with Crippen LogP contribution in [0.1, 0.15) is 44.3 Å².